The first-order chi connectivity index (χ1) is 5.84. The van der Waals surface area contributed by atoms with Crippen LogP contribution in [-0.4, -0.2) is 29.3 Å². The van der Waals surface area contributed by atoms with E-state index in [1.807, 2.05) is 0 Å². The maximum Gasteiger partial charge on any atom is 0.317 e. The van der Waals surface area contributed by atoms with E-state index in [0.29, 0.717) is 19.2 Å². The van der Waals surface area contributed by atoms with Crippen LogP contribution in [0.15, 0.2) is 16.9 Å². The molecule has 1 aliphatic heterocycles. The molecule has 0 bridgehead atoms. The maximum absolute atomic E-state index is 5.35. The molecule has 0 spiro atoms. The van der Waals surface area contributed by atoms with Crippen LogP contribution in [0.4, 0.5) is 0 Å². The predicted molar refractivity (Wildman–Crippen MR) is 45.0 cm³/mol. The Morgan fingerprint density at radius 3 is 3.00 bits per heavy atom. The molecule has 0 amide bonds. The second-order valence-electron chi connectivity index (χ2n) is 2.44. The highest BCUT2D eigenvalue weighted by molar-refractivity contribution is 9.10. The lowest BCUT2D eigenvalue weighted by Crippen LogP contribution is -2.39. The molecule has 12 heavy (non-hydrogen) atoms. The van der Waals surface area contributed by atoms with Crippen molar-refractivity contribution in [1.82, 2.24) is 9.97 Å². The molecule has 64 valence electrons. The summed E-state index contributed by atoms with van der Waals surface area (Å²) >= 11 is 3.23. The normalized spacial score (nSPS) is 17.1. The Morgan fingerprint density at radius 1 is 1.58 bits per heavy atom. The van der Waals surface area contributed by atoms with E-state index in [4.69, 9.17) is 9.47 Å². The summed E-state index contributed by atoms with van der Waals surface area (Å²) in [5, 5.41) is 0. The molecule has 0 aromatic carbocycles. The van der Waals surface area contributed by atoms with Crippen molar-refractivity contribution in [1.29, 1.82) is 0 Å². The molecule has 5 heteroatoms. The highest BCUT2D eigenvalue weighted by Crippen LogP contribution is 2.13. The Balaban J connectivity index is 2.02. The average molecular weight is 231 g/mol. The number of nitrogens with zero attached hydrogens (tertiary/aromatic N) is 2. The summed E-state index contributed by atoms with van der Waals surface area (Å²) in [7, 11) is 0. The standard InChI is InChI=1S/C7H7BrN2O2/c8-6-1-2-9-7(10-6)12-5-3-11-4-5/h1-2,5H,3-4H2. The lowest BCUT2D eigenvalue weighted by molar-refractivity contribution is -0.0831. The number of aromatic nitrogens is 2. The number of rotatable bonds is 2. The molecule has 4 nitrogen and oxygen atoms in total. The van der Waals surface area contributed by atoms with Crippen LogP contribution in [0.2, 0.25) is 0 Å². The Kier molecular flexibility index (Phi) is 2.23. The fourth-order valence-corrected chi connectivity index (χ4v) is 1.08. The maximum atomic E-state index is 5.35. The molecular weight excluding hydrogens is 224 g/mol. The summed E-state index contributed by atoms with van der Waals surface area (Å²) in [5.41, 5.74) is 0. The SMILES string of the molecule is Brc1ccnc(OC2COC2)n1. The first kappa shape index (κ1) is 7.94. The number of ether oxygens (including phenoxy) is 2. The van der Waals surface area contributed by atoms with E-state index in [-0.39, 0.29) is 6.10 Å². The van der Waals surface area contributed by atoms with Crippen LogP contribution < -0.4 is 4.74 Å². The van der Waals surface area contributed by atoms with Gasteiger partial charge in [0.05, 0.1) is 13.2 Å². The molecular formula is C7H7BrN2O2. The van der Waals surface area contributed by atoms with Gasteiger partial charge in [-0.3, -0.25) is 0 Å². The van der Waals surface area contributed by atoms with Gasteiger partial charge in [0.15, 0.2) is 0 Å². The lowest BCUT2D eigenvalue weighted by atomic mass is 10.3. The van der Waals surface area contributed by atoms with Crippen LogP contribution in [0.5, 0.6) is 6.01 Å². The third-order valence-corrected chi connectivity index (χ3v) is 1.92. The summed E-state index contributed by atoms with van der Waals surface area (Å²) in [5.74, 6) is 0. The van der Waals surface area contributed by atoms with Gasteiger partial charge in [0.2, 0.25) is 0 Å². The number of hydrogen-bond acceptors (Lipinski definition) is 4. The van der Waals surface area contributed by atoms with Crippen molar-refractivity contribution in [2.45, 2.75) is 6.10 Å². The Morgan fingerprint density at radius 2 is 2.42 bits per heavy atom. The van der Waals surface area contributed by atoms with E-state index in [2.05, 4.69) is 25.9 Å². The Bertz CT molecular complexity index is 278. The molecule has 0 aliphatic carbocycles. The topological polar surface area (TPSA) is 44.2 Å². The van der Waals surface area contributed by atoms with Crippen molar-refractivity contribution in [3.63, 3.8) is 0 Å². The quantitative estimate of drug-likeness (QED) is 0.712. The molecule has 0 unspecified atom stereocenters. The predicted octanol–water partition coefficient (Wildman–Crippen LogP) is 1.02. The first-order valence-corrected chi connectivity index (χ1v) is 4.37. The van der Waals surface area contributed by atoms with Crippen LogP contribution in [0.1, 0.15) is 0 Å². The van der Waals surface area contributed by atoms with Gasteiger partial charge in [-0.1, -0.05) is 0 Å². The number of halogens is 1. The van der Waals surface area contributed by atoms with Crippen LogP contribution >= 0.6 is 15.9 Å². The van der Waals surface area contributed by atoms with Crippen LogP contribution in [0, 0.1) is 0 Å². The van der Waals surface area contributed by atoms with Gasteiger partial charge < -0.3 is 9.47 Å². The average Bonchev–Trinajstić information content (AvgIpc) is 1.97. The van der Waals surface area contributed by atoms with Crippen molar-refractivity contribution in [3.8, 4) is 6.01 Å². The van der Waals surface area contributed by atoms with E-state index in [0.717, 1.165) is 4.60 Å². The molecule has 1 aliphatic rings. The van der Waals surface area contributed by atoms with Gasteiger partial charge in [0.25, 0.3) is 0 Å². The van der Waals surface area contributed by atoms with Crippen molar-refractivity contribution >= 4 is 15.9 Å². The van der Waals surface area contributed by atoms with Gasteiger partial charge in [-0.15, -0.1) is 0 Å². The van der Waals surface area contributed by atoms with Crippen LogP contribution in [0.3, 0.4) is 0 Å². The van der Waals surface area contributed by atoms with Crippen molar-refractivity contribution in [2.75, 3.05) is 13.2 Å². The second kappa shape index (κ2) is 3.37. The van der Waals surface area contributed by atoms with Crippen LogP contribution in [0.25, 0.3) is 0 Å². The fraction of sp³-hybridized carbons (Fsp3) is 0.429. The molecule has 0 saturated carbocycles. The lowest BCUT2D eigenvalue weighted by Gasteiger charge is -2.25. The summed E-state index contributed by atoms with van der Waals surface area (Å²) in [6.45, 7) is 1.27. The molecule has 1 aromatic rings. The summed E-state index contributed by atoms with van der Waals surface area (Å²) in [6.07, 6.45) is 1.77. The van der Waals surface area contributed by atoms with E-state index >= 15 is 0 Å². The van der Waals surface area contributed by atoms with Crippen molar-refractivity contribution in [2.24, 2.45) is 0 Å². The minimum atomic E-state index is 0.124. The molecule has 1 saturated heterocycles. The van der Waals surface area contributed by atoms with E-state index in [1.165, 1.54) is 0 Å². The molecule has 0 radical (unpaired) electrons. The van der Waals surface area contributed by atoms with E-state index < -0.39 is 0 Å². The summed E-state index contributed by atoms with van der Waals surface area (Å²) < 4.78 is 11.0. The van der Waals surface area contributed by atoms with E-state index in [1.54, 1.807) is 12.3 Å². The highest BCUT2D eigenvalue weighted by Gasteiger charge is 2.20. The highest BCUT2D eigenvalue weighted by atomic mass is 79.9. The van der Waals surface area contributed by atoms with Crippen LogP contribution in [-0.2, 0) is 4.74 Å². The zero-order valence-corrected chi connectivity index (χ0v) is 7.82. The van der Waals surface area contributed by atoms with Gasteiger partial charge >= 0.3 is 6.01 Å². The van der Waals surface area contributed by atoms with Gasteiger partial charge in [-0.05, 0) is 22.0 Å². The first-order valence-electron chi connectivity index (χ1n) is 3.57. The van der Waals surface area contributed by atoms with Gasteiger partial charge in [0, 0.05) is 6.20 Å². The minimum Gasteiger partial charge on any atom is -0.455 e. The zero-order chi connectivity index (χ0) is 8.39. The van der Waals surface area contributed by atoms with Gasteiger partial charge in [0.1, 0.15) is 10.7 Å². The Hall–Kier alpha value is -0.680. The third-order valence-electron chi connectivity index (χ3n) is 1.48. The minimum absolute atomic E-state index is 0.124. The monoisotopic (exact) mass is 230 g/mol. The second-order valence-corrected chi connectivity index (χ2v) is 3.25. The molecule has 0 atom stereocenters. The molecule has 1 aromatic heterocycles. The van der Waals surface area contributed by atoms with E-state index in [9.17, 15) is 0 Å². The fourth-order valence-electron chi connectivity index (χ4n) is 0.808. The number of hydrogen-bond donors (Lipinski definition) is 0. The summed E-state index contributed by atoms with van der Waals surface area (Å²) in [6, 6.07) is 2.15. The van der Waals surface area contributed by atoms with Crippen molar-refractivity contribution in [3.05, 3.63) is 16.9 Å². The smallest absolute Gasteiger partial charge is 0.317 e. The Labute approximate surface area is 78.1 Å². The largest absolute Gasteiger partial charge is 0.455 e. The zero-order valence-electron chi connectivity index (χ0n) is 6.24. The molecule has 2 rings (SSSR count). The van der Waals surface area contributed by atoms with Gasteiger partial charge in [-0.2, -0.15) is 4.98 Å². The molecule has 2 heterocycles. The molecule has 1 fully saturated rings. The van der Waals surface area contributed by atoms with Gasteiger partial charge in [-0.25, -0.2) is 4.98 Å². The third kappa shape index (κ3) is 1.73. The summed E-state index contributed by atoms with van der Waals surface area (Å²) in [4.78, 5) is 7.97. The molecule has 0 N–H and O–H groups in total. The van der Waals surface area contributed by atoms with Crippen molar-refractivity contribution < 1.29 is 9.47 Å².